The number of fused-ring (bicyclic) bond motifs is 6. The molecule has 0 fully saturated rings. The average Bonchev–Trinajstić information content (AvgIpc) is 3.82. The van der Waals surface area contributed by atoms with Crippen molar-refractivity contribution in [2.24, 2.45) is 0 Å². The number of hydrogen-bond donors (Lipinski definition) is 0. The van der Waals surface area contributed by atoms with E-state index in [4.69, 9.17) is 0 Å². The molecule has 0 N–H and O–H groups in total. The van der Waals surface area contributed by atoms with Gasteiger partial charge < -0.3 is 9.47 Å². The van der Waals surface area contributed by atoms with Crippen LogP contribution in [-0.4, -0.2) is 4.57 Å². The molecule has 1 aromatic heterocycles. The summed E-state index contributed by atoms with van der Waals surface area (Å²) in [5.41, 5.74) is 21.6. The molecular weight excluding hydrogens is 785 g/mol. The molecule has 0 unspecified atom stereocenters. The molecule has 0 radical (unpaired) electrons. The van der Waals surface area contributed by atoms with Crippen LogP contribution in [0.5, 0.6) is 0 Å². The van der Waals surface area contributed by atoms with E-state index in [0.717, 1.165) is 22.7 Å². The highest BCUT2D eigenvalue weighted by Crippen LogP contribution is 2.52. The third kappa shape index (κ3) is 6.65. The van der Waals surface area contributed by atoms with Crippen LogP contribution in [0, 0.1) is 0 Å². The molecule has 65 heavy (non-hydrogen) atoms. The van der Waals surface area contributed by atoms with Crippen molar-refractivity contribution in [2.45, 2.75) is 19.3 Å². The van der Waals surface area contributed by atoms with E-state index >= 15 is 0 Å². The fourth-order valence-electron chi connectivity index (χ4n) is 10.3. The van der Waals surface area contributed by atoms with E-state index in [-0.39, 0.29) is 5.41 Å². The fourth-order valence-corrected chi connectivity index (χ4v) is 10.3. The lowest BCUT2D eigenvalue weighted by molar-refractivity contribution is 0.660. The maximum Gasteiger partial charge on any atom is 0.0561 e. The topological polar surface area (TPSA) is 8.17 Å². The highest BCUT2D eigenvalue weighted by atomic mass is 15.1. The quantitative estimate of drug-likeness (QED) is 0.148. The summed E-state index contributed by atoms with van der Waals surface area (Å²) < 4.78 is 2.41. The summed E-state index contributed by atoms with van der Waals surface area (Å²) in [4.78, 5) is 2.45. The maximum atomic E-state index is 2.45. The normalized spacial score (nSPS) is 12.6. The van der Waals surface area contributed by atoms with Gasteiger partial charge in [0.2, 0.25) is 0 Å². The Morgan fingerprint density at radius 3 is 1.35 bits per heavy atom. The van der Waals surface area contributed by atoms with Crippen molar-refractivity contribution >= 4 is 38.9 Å². The zero-order chi connectivity index (χ0) is 43.5. The molecule has 12 rings (SSSR count). The van der Waals surface area contributed by atoms with Crippen LogP contribution in [0.1, 0.15) is 25.0 Å². The third-order valence-corrected chi connectivity index (χ3v) is 13.6. The van der Waals surface area contributed by atoms with Crippen molar-refractivity contribution in [3.63, 3.8) is 0 Å². The zero-order valence-electron chi connectivity index (χ0n) is 36.5. The van der Waals surface area contributed by atoms with Crippen molar-refractivity contribution < 1.29 is 0 Å². The van der Waals surface area contributed by atoms with E-state index in [1.807, 2.05) is 0 Å². The molecule has 2 nitrogen and oxygen atoms in total. The summed E-state index contributed by atoms with van der Waals surface area (Å²) in [7, 11) is 0. The van der Waals surface area contributed by atoms with Gasteiger partial charge in [-0.3, -0.25) is 0 Å². The second-order valence-corrected chi connectivity index (χ2v) is 17.8. The second kappa shape index (κ2) is 15.6. The Morgan fingerprint density at radius 1 is 0.308 bits per heavy atom. The summed E-state index contributed by atoms with van der Waals surface area (Å²) in [6, 6.07) is 88.9. The van der Waals surface area contributed by atoms with Crippen molar-refractivity contribution in [3.05, 3.63) is 254 Å². The molecule has 0 spiro atoms. The van der Waals surface area contributed by atoms with Crippen LogP contribution in [0.3, 0.4) is 0 Å². The van der Waals surface area contributed by atoms with Gasteiger partial charge in [-0.1, -0.05) is 178 Å². The molecular formula is C63H46N2. The number of nitrogens with zero attached hydrogens (tertiary/aromatic N) is 2. The Hall–Kier alpha value is -8.20. The van der Waals surface area contributed by atoms with Crippen LogP contribution in [0.2, 0.25) is 0 Å². The number of aromatic nitrogens is 1. The van der Waals surface area contributed by atoms with Crippen molar-refractivity contribution in [1.29, 1.82) is 0 Å². The van der Waals surface area contributed by atoms with Gasteiger partial charge in [-0.25, -0.2) is 0 Å². The monoisotopic (exact) mass is 830 g/mol. The summed E-state index contributed by atoms with van der Waals surface area (Å²) in [6.07, 6.45) is 0. The SMILES string of the molecule is CC1(C)c2cc(-c3ccccc3)ccc2-c2ccc(N(c3ccc(-c4cc(-c5ccccc5)cc(-c5ccccc5)c4)cc3)c3ccc4c5ccccc5n(-c5ccccc5)c4c3)cc21. The van der Waals surface area contributed by atoms with Gasteiger partial charge in [0.1, 0.15) is 0 Å². The fraction of sp³-hybridized carbons (Fsp3) is 0.0476. The Kier molecular flexibility index (Phi) is 9.21. The Morgan fingerprint density at radius 2 is 0.738 bits per heavy atom. The van der Waals surface area contributed by atoms with E-state index in [1.54, 1.807) is 0 Å². The lowest BCUT2D eigenvalue weighted by Crippen LogP contribution is -2.16. The van der Waals surface area contributed by atoms with Crippen LogP contribution in [0.4, 0.5) is 17.1 Å². The van der Waals surface area contributed by atoms with Crippen molar-refractivity contribution in [2.75, 3.05) is 4.90 Å². The molecule has 2 heteroatoms. The van der Waals surface area contributed by atoms with Crippen LogP contribution >= 0.6 is 0 Å². The molecule has 0 atom stereocenters. The van der Waals surface area contributed by atoms with Gasteiger partial charge in [-0.15, -0.1) is 0 Å². The molecule has 1 heterocycles. The maximum absolute atomic E-state index is 2.45. The molecule has 0 amide bonds. The van der Waals surface area contributed by atoms with Crippen molar-refractivity contribution in [3.8, 4) is 61.3 Å². The smallest absolute Gasteiger partial charge is 0.0561 e. The minimum Gasteiger partial charge on any atom is -0.310 e. The summed E-state index contributed by atoms with van der Waals surface area (Å²) in [5, 5.41) is 2.48. The number of benzene rings is 10. The molecule has 0 aliphatic heterocycles. The number of para-hydroxylation sites is 2. The lowest BCUT2D eigenvalue weighted by Gasteiger charge is -2.28. The average molecular weight is 831 g/mol. The molecule has 10 aromatic carbocycles. The van der Waals surface area contributed by atoms with Gasteiger partial charge in [-0.05, 0) is 146 Å². The number of rotatable bonds is 8. The van der Waals surface area contributed by atoms with Gasteiger partial charge in [-0.2, -0.15) is 0 Å². The number of anilines is 3. The predicted octanol–water partition coefficient (Wildman–Crippen LogP) is 17.2. The third-order valence-electron chi connectivity index (χ3n) is 13.6. The highest BCUT2D eigenvalue weighted by Gasteiger charge is 2.36. The van der Waals surface area contributed by atoms with Gasteiger partial charge in [0, 0.05) is 38.9 Å². The molecule has 0 saturated heterocycles. The van der Waals surface area contributed by atoms with Gasteiger partial charge in [0.05, 0.1) is 11.0 Å². The molecule has 11 aromatic rings. The van der Waals surface area contributed by atoms with E-state index in [0.29, 0.717) is 0 Å². The molecule has 308 valence electrons. The lowest BCUT2D eigenvalue weighted by atomic mass is 9.81. The zero-order valence-corrected chi connectivity index (χ0v) is 36.5. The summed E-state index contributed by atoms with van der Waals surface area (Å²) in [5.74, 6) is 0. The van der Waals surface area contributed by atoms with Crippen molar-refractivity contribution in [1.82, 2.24) is 4.57 Å². The summed E-state index contributed by atoms with van der Waals surface area (Å²) in [6.45, 7) is 4.76. The highest BCUT2D eigenvalue weighted by molar-refractivity contribution is 6.10. The minimum atomic E-state index is -0.203. The van der Waals surface area contributed by atoms with E-state index in [2.05, 4.69) is 266 Å². The van der Waals surface area contributed by atoms with Gasteiger partial charge in [0.15, 0.2) is 0 Å². The van der Waals surface area contributed by atoms with Crippen LogP contribution in [0.15, 0.2) is 243 Å². The number of hydrogen-bond acceptors (Lipinski definition) is 1. The van der Waals surface area contributed by atoms with E-state index in [9.17, 15) is 0 Å². The van der Waals surface area contributed by atoms with E-state index < -0.39 is 0 Å². The first-order valence-electron chi connectivity index (χ1n) is 22.6. The standard InChI is InChI=1S/C63H46N2/c1-63(2)59-40-47(43-17-7-3-8-18-43)29-34-55(59)56-35-32-53(41-60(56)63)64(54-33-36-58-57-25-15-16-26-61(57)65(62(58)42-54)51-23-13-6-14-24-51)52-30-27-46(28-31-52)50-38-48(44-19-9-4-10-20-44)37-49(39-50)45-21-11-5-12-22-45/h3-42H,1-2H3. The van der Waals surface area contributed by atoms with Crippen LogP contribution in [0.25, 0.3) is 83.1 Å². The molecule has 1 aliphatic rings. The largest absolute Gasteiger partial charge is 0.310 e. The first kappa shape index (κ1) is 38.5. The second-order valence-electron chi connectivity index (χ2n) is 17.8. The Bertz CT molecular complexity index is 3470. The Balaban J connectivity index is 1.02. The summed E-state index contributed by atoms with van der Waals surface area (Å²) >= 11 is 0. The molecule has 1 aliphatic carbocycles. The van der Waals surface area contributed by atoms with Gasteiger partial charge >= 0.3 is 0 Å². The van der Waals surface area contributed by atoms with E-state index in [1.165, 1.54) is 88.6 Å². The van der Waals surface area contributed by atoms with Crippen LogP contribution < -0.4 is 4.90 Å². The first-order chi connectivity index (χ1) is 32.0. The van der Waals surface area contributed by atoms with Crippen LogP contribution in [-0.2, 0) is 5.41 Å². The Labute approximate surface area is 381 Å². The van der Waals surface area contributed by atoms with Gasteiger partial charge in [0.25, 0.3) is 0 Å². The molecule has 0 bridgehead atoms. The minimum absolute atomic E-state index is 0.203. The first-order valence-corrected chi connectivity index (χ1v) is 22.6. The molecule has 0 saturated carbocycles. The predicted molar refractivity (Wildman–Crippen MR) is 275 cm³/mol.